The predicted octanol–water partition coefficient (Wildman–Crippen LogP) is 1.23. The highest BCUT2D eigenvalue weighted by Gasteiger charge is 1.97. The van der Waals surface area contributed by atoms with E-state index in [-0.39, 0.29) is 0 Å². The van der Waals surface area contributed by atoms with Gasteiger partial charge >= 0.3 is 0 Å². The van der Waals surface area contributed by atoms with E-state index >= 15 is 0 Å². The van der Waals surface area contributed by atoms with Crippen molar-refractivity contribution in [2.24, 2.45) is 5.73 Å². The van der Waals surface area contributed by atoms with E-state index in [1.54, 1.807) is 0 Å². The largest absolute Gasteiger partial charge is 0.327 e. The Hall–Kier alpha value is -0.340. The van der Waals surface area contributed by atoms with Gasteiger partial charge in [0.25, 0.3) is 0 Å². The van der Waals surface area contributed by atoms with Crippen LogP contribution in [0.2, 0.25) is 0 Å². The first kappa shape index (κ1) is 10.7. The molecule has 0 amide bonds. The van der Waals surface area contributed by atoms with Crippen LogP contribution in [0, 0.1) is 0 Å². The SMILES string of the molecule is C=C(CN)CN(C)CCCC. The lowest BCUT2D eigenvalue weighted by Gasteiger charge is -2.16. The smallest absolute Gasteiger partial charge is 0.0199 e. The van der Waals surface area contributed by atoms with E-state index in [1.165, 1.54) is 12.8 Å². The molecule has 0 aliphatic carbocycles. The van der Waals surface area contributed by atoms with Crippen molar-refractivity contribution in [2.75, 3.05) is 26.7 Å². The monoisotopic (exact) mass is 156 g/mol. The molecule has 2 nitrogen and oxygen atoms in total. The van der Waals surface area contributed by atoms with E-state index in [0.717, 1.165) is 18.7 Å². The van der Waals surface area contributed by atoms with Crippen LogP contribution in [0.25, 0.3) is 0 Å². The van der Waals surface area contributed by atoms with Gasteiger partial charge in [0.1, 0.15) is 0 Å². The second-order valence-corrected chi connectivity index (χ2v) is 3.05. The van der Waals surface area contributed by atoms with Gasteiger partial charge in [0.05, 0.1) is 0 Å². The summed E-state index contributed by atoms with van der Waals surface area (Å²) >= 11 is 0. The van der Waals surface area contributed by atoms with E-state index in [1.807, 2.05) is 0 Å². The van der Waals surface area contributed by atoms with Gasteiger partial charge in [-0.15, -0.1) is 0 Å². The average molecular weight is 156 g/mol. The minimum Gasteiger partial charge on any atom is -0.327 e. The van der Waals surface area contributed by atoms with Crippen LogP contribution in [0.4, 0.5) is 0 Å². The summed E-state index contributed by atoms with van der Waals surface area (Å²) in [4.78, 5) is 2.26. The Kier molecular flexibility index (Phi) is 6.18. The van der Waals surface area contributed by atoms with Gasteiger partial charge in [-0.25, -0.2) is 0 Å². The number of hydrogen-bond acceptors (Lipinski definition) is 2. The van der Waals surface area contributed by atoms with Gasteiger partial charge < -0.3 is 10.6 Å². The summed E-state index contributed by atoms with van der Waals surface area (Å²) in [6.07, 6.45) is 2.51. The standard InChI is InChI=1S/C9H20N2/c1-4-5-6-11(3)8-9(2)7-10/h2,4-8,10H2,1,3H3. The Morgan fingerprint density at radius 3 is 2.64 bits per heavy atom. The predicted molar refractivity (Wildman–Crippen MR) is 50.6 cm³/mol. The van der Waals surface area contributed by atoms with Crippen LogP contribution in [-0.4, -0.2) is 31.6 Å². The normalized spacial score (nSPS) is 10.5. The maximum Gasteiger partial charge on any atom is 0.0199 e. The lowest BCUT2D eigenvalue weighted by Crippen LogP contribution is -2.24. The molecule has 0 aromatic rings. The third-order valence-corrected chi connectivity index (χ3v) is 1.68. The lowest BCUT2D eigenvalue weighted by atomic mass is 10.2. The van der Waals surface area contributed by atoms with Gasteiger partial charge in [-0.05, 0) is 25.6 Å². The van der Waals surface area contributed by atoms with Crippen LogP contribution in [0.1, 0.15) is 19.8 Å². The molecular weight excluding hydrogens is 136 g/mol. The lowest BCUT2D eigenvalue weighted by molar-refractivity contribution is 0.353. The summed E-state index contributed by atoms with van der Waals surface area (Å²) in [6, 6.07) is 0. The van der Waals surface area contributed by atoms with Crippen molar-refractivity contribution in [2.45, 2.75) is 19.8 Å². The second kappa shape index (κ2) is 6.38. The molecule has 0 heterocycles. The van der Waals surface area contributed by atoms with Gasteiger partial charge in [-0.1, -0.05) is 19.9 Å². The Labute approximate surface area is 70.1 Å². The first-order valence-electron chi connectivity index (χ1n) is 4.26. The average Bonchev–Trinajstić information content (AvgIpc) is 2.00. The highest BCUT2D eigenvalue weighted by molar-refractivity contribution is 4.97. The fourth-order valence-electron chi connectivity index (χ4n) is 0.953. The molecule has 0 unspecified atom stereocenters. The minimum atomic E-state index is 0.608. The van der Waals surface area contributed by atoms with E-state index in [0.29, 0.717) is 6.54 Å². The second-order valence-electron chi connectivity index (χ2n) is 3.05. The molecule has 0 aromatic heterocycles. The van der Waals surface area contributed by atoms with Crippen molar-refractivity contribution in [3.8, 4) is 0 Å². The Morgan fingerprint density at radius 2 is 2.18 bits per heavy atom. The summed E-state index contributed by atoms with van der Waals surface area (Å²) < 4.78 is 0. The number of hydrogen-bond donors (Lipinski definition) is 1. The van der Waals surface area contributed by atoms with Crippen LogP contribution >= 0.6 is 0 Å². The summed E-state index contributed by atoms with van der Waals surface area (Å²) in [5.74, 6) is 0. The Balaban J connectivity index is 3.35. The van der Waals surface area contributed by atoms with Crippen molar-refractivity contribution in [1.82, 2.24) is 4.90 Å². The number of nitrogens with two attached hydrogens (primary N) is 1. The maximum atomic E-state index is 5.42. The van der Waals surface area contributed by atoms with E-state index in [4.69, 9.17) is 5.73 Å². The molecule has 11 heavy (non-hydrogen) atoms. The summed E-state index contributed by atoms with van der Waals surface area (Å²) in [5.41, 5.74) is 6.54. The topological polar surface area (TPSA) is 29.3 Å². The van der Waals surface area contributed by atoms with Crippen LogP contribution in [-0.2, 0) is 0 Å². The number of nitrogens with zero attached hydrogens (tertiary/aromatic N) is 1. The fourth-order valence-corrected chi connectivity index (χ4v) is 0.953. The van der Waals surface area contributed by atoms with Gasteiger partial charge in [-0.2, -0.15) is 0 Å². The zero-order valence-corrected chi connectivity index (χ0v) is 7.77. The molecule has 0 aromatic carbocycles. The van der Waals surface area contributed by atoms with E-state index < -0.39 is 0 Å². The summed E-state index contributed by atoms with van der Waals surface area (Å²) in [7, 11) is 2.11. The van der Waals surface area contributed by atoms with Gasteiger partial charge in [0.2, 0.25) is 0 Å². The molecule has 0 aliphatic rings. The van der Waals surface area contributed by atoms with Crippen LogP contribution in [0.5, 0.6) is 0 Å². The molecule has 0 atom stereocenters. The zero-order valence-electron chi connectivity index (χ0n) is 7.77. The molecule has 0 spiro atoms. The van der Waals surface area contributed by atoms with Crippen molar-refractivity contribution >= 4 is 0 Å². The third kappa shape index (κ3) is 6.07. The zero-order chi connectivity index (χ0) is 8.69. The molecule has 0 rings (SSSR count). The van der Waals surface area contributed by atoms with Crippen LogP contribution in [0.15, 0.2) is 12.2 Å². The first-order valence-corrected chi connectivity index (χ1v) is 4.26. The Morgan fingerprint density at radius 1 is 1.55 bits per heavy atom. The van der Waals surface area contributed by atoms with Gasteiger partial charge in [0, 0.05) is 13.1 Å². The summed E-state index contributed by atoms with van der Waals surface area (Å²) in [6.45, 7) is 8.75. The van der Waals surface area contributed by atoms with Gasteiger partial charge in [-0.3, -0.25) is 0 Å². The molecular formula is C9H20N2. The molecule has 0 saturated heterocycles. The van der Waals surface area contributed by atoms with Crippen molar-refractivity contribution in [3.63, 3.8) is 0 Å². The highest BCUT2D eigenvalue weighted by atomic mass is 15.1. The van der Waals surface area contributed by atoms with Crippen molar-refractivity contribution in [3.05, 3.63) is 12.2 Å². The van der Waals surface area contributed by atoms with Crippen LogP contribution in [0.3, 0.4) is 0 Å². The molecule has 2 N–H and O–H groups in total. The summed E-state index contributed by atoms with van der Waals surface area (Å²) in [5, 5.41) is 0. The Bertz CT molecular complexity index is 110. The number of likely N-dealkylation sites (N-methyl/N-ethyl adjacent to an activating group) is 1. The molecule has 66 valence electrons. The van der Waals surface area contributed by atoms with E-state index in [9.17, 15) is 0 Å². The molecule has 0 bridgehead atoms. The molecule has 0 fully saturated rings. The first-order chi connectivity index (χ1) is 5.20. The minimum absolute atomic E-state index is 0.608. The fraction of sp³-hybridized carbons (Fsp3) is 0.778. The molecule has 0 radical (unpaired) electrons. The maximum absolute atomic E-state index is 5.42. The van der Waals surface area contributed by atoms with Crippen LogP contribution < -0.4 is 5.73 Å². The molecule has 0 saturated carbocycles. The van der Waals surface area contributed by atoms with E-state index in [2.05, 4.69) is 25.5 Å². The highest BCUT2D eigenvalue weighted by Crippen LogP contribution is 1.95. The third-order valence-electron chi connectivity index (χ3n) is 1.68. The van der Waals surface area contributed by atoms with Crippen molar-refractivity contribution < 1.29 is 0 Å². The quantitative estimate of drug-likeness (QED) is 0.586. The van der Waals surface area contributed by atoms with Gasteiger partial charge in [0.15, 0.2) is 0 Å². The molecule has 2 heteroatoms. The van der Waals surface area contributed by atoms with Crippen molar-refractivity contribution in [1.29, 1.82) is 0 Å². The number of unbranched alkanes of at least 4 members (excludes halogenated alkanes) is 1. The number of rotatable bonds is 6. The molecule has 0 aliphatic heterocycles.